The van der Waals surface area contributed by atoms with Crippen LogP contribution in [-0.4, -0.2) is 24.2 Å². The lowest BCUT2D eigenvalue weighted by Gasteiger charge is -2.35. The van der Waals surface area contributed by atoms with E-state index in [2.05, 4.69) is 37.5 Å². The van der Waals surface area contributed by atoms with Crippen LogP contribution in [0, 0.1) is 0 Å². The maximum Gasteiger partial charge on any atom is 0.337 e. The van der Waals surface area contributed by atoms with E-state index in [-0.39, 0.29) is 31.2 Å². The Morgan fingerprint density at radius 3 is 2.36 bits per heavy atom. The van der Waals surface area contributed by atoms with E-state index in [1.165, 1.54) is 16.8 Å². The van der Waals surface area contributed by atoms with Gasteiger partial charge in [-0.3, -0.25) is 0 Å². The van der Waals surface area contributed by atoms with Gasteiger partial charge in [0.25, 0.3) is 0 Å². The van der Waals surface area contributed by atoms with Crippen LogP contribution in [0.1, 0.15) is 109 Å². The van der Waals surface area contributed by atoms with E-state index in [0.717, 1.165) is 129 Å². The van der Waals surface area contributed by atoms with Crippen molar-refractivity contribution in [1.82, 2.24) is 0 Å². The summed E-state index contributed by atoms with van der Waals surface area (Å²) in [7, 11) is 0. The van der Waals surface area contributed by atoms with Gasteiger partial charge in [-0.1, -0.05) is 86.1 Å². The summed E-state index contributed by atoms with van der Waals surface area (Å²) in [5.41, 5.74) is 7.56. The van der Waals surface area contributed by atoms with Crippen LogP contribution in [0.2, 0.25) is 20.1 Å². The number of hydrogen-bond acceptors (Lipinski definition) is 3. The van der Waals surface area contributed by atoms with Crippen LogP contribution in [0.25, 0.3) is 12.2 Å². The van der Waals surface area contributed by atoms with Crippen LogP contribution in [-0.2, 0) is 25.7 Å². The first kappa shape index (κ1) is 32.6. The summed E-state index contributed by atoms with van der Waals surface area (Å²) in [5, 5.41) is 12.3. The van der Waals surface area contributed by atoms with Crippen molar-refractivity contribution in [3.05, 3.63) is 81.6 Å². The van der Waals surface area contributed by atoms with Crippen LogP contribution in [0.5, 0.6) is 11.5 Å². The Bertz CT molecular complexity index is 1820. The molecule has 3 aliphatic rings. The Kier molecular flexibility index (Phi) is 9.69. The highest BCUT2D eigenvalue weighted by Crippen LogP contribution is 2.51. The van der Waals surface area contributed by atoms with E-state index >= 15 is 0 Å². The summed E-state index contributed by atoms with van der Waals surface area (Å²) in [4.78, 5) is 15.5. The molecular weight excluding hydrogens is 648 g/mol. The average molecular weight is 688 g/mol. The number of halogens is 4. The van der Waals surface area contributed by atoms with Gasteiger partial charge in [0.1, 0.15) is 11.5 Å². The van der Waals surface area contributed by atoms with Crippen molar-refractivity contribution in [3.8, 4) is 11.5 Å². The van der Waals surface area contributed by atoms with Gasteiger partial charge in [-0.15, -0.1) is 0 Å². The van der Waals surface area contributed by atoms with Crippen molar-refractivity contribution >= 4 is 70.2 Å². The molecule has 0 saturated heterocycles. The first-order valence-corrected chi connectivity index (χ1v) is 17.8. The van der Waals surface area contributed by atoms with Gasteiger partial charge in [-0.25, -0.2) is 4.79 Å². The number of carbonyl (C=O) groups is 1. The molecular formula is C37H39Cl4NO3. The zero-order valence-electron chi connectivity index (χ0n) is 26.0. The number of rotatable bonds is 9. The zero-order chi connectivity index (χ0) is 32.0. The van der Waals surface area contributed by atoms with Gasteiger partial charge in [-0.05, 0) is 86.3 Å². The normalized spacial score (nSPS) is 15.2. The molecule has 6 rings (SSSR count). The molecule has 1 N–H and O–H groups in total. The minimum Gasteiger partial charge on any atom is -0.478 e. The highest BCUT2D eigenvalue weighted by molar-refractivity contribution is 6.53. The monoisotopic (exact) mass is 685 g/mol. The maximum atomic E-state index is 13.0. The van der Waals surface area contributed by atoms with E-state index in [0.29, 0.717) is 5.57 Å². The largest absolute Gasteiger partial charge is 0.478 e. The topological polar surface area (TPSA) is 49.8 Å². The molecule has 0 atom stereocenters. The van der Waals surface area contributed by atoms with Gasteiger partial charge in [-0.2, -0.15) is 0 Å². The van der Waals surface area contributed by atoms with Gasteiger partial charge < -0.3 is 14.7 Å². The Hall–Kier alpha value is -2.37. The molecule has 3 aromatic carbocycles. The van der Waals surface area contributed by atoms with E-state index in [1.54, 1.807) is 0 Å². The Balaban J connectivity index is 1.81. The summed E-state index contributed by atoms with van der Waals surface area (Å²) < 4.78 is 7.11. The van der Waals surface area contributed by atoms with Crippen LogP contribution in [0.15, 0.2) is 12.1 Å². The second-order valence-corrected chi connectivity index (χ2v) is 14.0. The molecule has 45 heavy (non-hydrogen) atoms. The standard InChI is InChI=1S/C37H39Cl4NO3/c1-4-6-8-14-23-20(3)21(12-7-5-2)18-25-27(28-29(37(43)44)31(39)33(41)32(40)30(28)38)26-19-22-13-11-17-42-16-10-9-15-24(34(22)42)36(26)45-35(23)25/h18-19H,3-17H2,1-2H3,(H,43,44). The molecule has 4 nitrogen and oxygen atoms in total. The van der Waals surface area contributed by atoms with E-state index in [4.69, 9.17) is 51.1 Å². The van der Waals surface area contributed by atoms with Crippen molar-refractivity contribution in [2.45, 2.75) is 90.9 Å². The van der Waals surface area contributed by atoms with Crippen LogP contribution in [0.4, 0.5) is 5.69 Å². The molecule has 0 spiro atoms. The molecule has 0 bridgehead atoms. The van der Waals surface area contributed by atoms with Crippen LogP contribution >= 0.6 is 46.4 Å². The molecule has 0 fully saturated rings. The number of ether oxygens (including phenoxy) is 1. The fraction of sp³-hybridized carbons (Fsp3) is 0.432. The van der Waals surface area contributed by atoms with Gasteiger partial charge >= 0.3 is 5.97 Å². The number of aryl methyl sites for hydroxylation is 2. The third-order valence-corrected chi connectivity index (χ3v) is 11.4. The maximum absolute atomic E-state index is 13.0. The zero-order valence-corrected chi connectivity index (χ0v) is 29.0. The summed E-state index contributed by atoms with van der Waals surface area (Å²) >= 11 is 26.9. The van der Waals surface area contributed by atoms with Crippen molar-refractivity contribution in [3.63, 3.8) is 0 Å². The van der Waals surface area contributed by atoms with E-state index in [9.17, 15) is 9.90 Å². The van der Waals surface area contributed by atoms with Gasteiger partial charge in [0.05, 0.1) is 25.7 Å². The lowest BCUT2D eigenvalue weighted by Crippen LogP contribution is -2.32. The summed E-state index contributed by atoms with van der Waals surface area (Å²) in [6, 6.07) is 4.33. The molecule has 0 radical (unpaired) electrons. The Labute approximate surface area is 285 Å². The Morgan fingerprint density at radius 2 is 1.62 bits per heavy atom. The molecule has 8 heteroatoms. The molecule has 0 amide bonds. The molecule has 0 saturated carbocycles. The molecule has 3 aromatic rings. The molecule has 0 aliphatic carbocycles. The number of hydrogen-bond donors (Lipinski definition) is 1. The third-order valence-electron chi connectivity index (χ3n) is 9.62. The van der Waals surface area contributed by atoms with Gasteiger partial charge in [0.2, 0.25) is 0 Å². The highest BCUT2D eigenvalue weighted by Gasteiger charge is 2.36. The van der Waals surface area contributed by atoms with Crippen molar-refractivity contribution in [2.75, 3.05) is 18.0 Å². The smallest absolute Gasteiger partial charge is 0.337 e. The lowest BCUT2D eigenvalue weighted by atomic mass is 9.83. The lowest BCUT2D eigenvalue weighted by molar-refractivity contribution is 0.0696. The van der Waals surface area contributed by atoms with Crippen LogP contribution < -0.4 is 20.1 Å². The fourth-order valence-corrected chi connectivity index (χ4v) is 8.43. The quantitative estimate of drug-likeness (QED) is 0.108. The molecule has 3 aliphatic heterocycles. The molecule has 3 heterocycles. The number of carboxylic acid groups (broad SMARTS) is 1. The van der Waals surface area contributed by atoms with Gasteiger partial charge in [0, 0.05) is 51.8 Å². The second kappa shape index (κ2) is 13.4. The predicted octanol–water partition coefficient (Wildman–Crippen LogP) is 9.93. The van der Waals surface area contributed by atoms with Crippen molar-refractivity contribution < 1.29 is 14.6 Å². The molecule has 0 unspecified atom stereocenters. The molecule has 0 aromatic heterocycles. The van der Waals surface area contributed by atoms with Gasteiger partial charge in [0.15, 0.2) is 0 Å². The number of fused-ring (bicyclic) bond motifs is 3. The second-order valence-electron chi connectivity index (χ2n) is 12.5. The fourth-order valence-electron chi connectivity index (χ4n) is 7.40. The minimum absolute atomic E-state index is 0.0378. The summed E-state index contributed by atoms with van der Waals surface area (Å²) in [5.74, 6) is 0.288. The SMILES string of the molecule is C=c1c(CCCC)cc2c(c1CCCCC)Oc1c(cc3c4c1CCCCN4CCC3)C=2c1c(Cl)c(Cl)c(Cl)c(Cl)c1C(=O)O. The number of unbranched alkanes of at least 4 members (excludes halogenated alkanes) is 3. The summed E-state index contributed by atoms with van der Waals surface area (Å²) in [6.07, 6.45) is 11.9. The number of nitrogens with zero attached hydrogens (tertiary/aromatic N) is 1. The van der Waals surface area contributed by atoms with Crippen LogP contribution in [0.3, 0.4) is 0 Å². The molecule has 238 valence electrons. The first-order valence-electron chi connectivity index (χ1n) is 16.3. The summed E-state index contributed by atoms with van der Waals surface area (Å²) in [6.45, 7) is 11.0. The average Bonchev–Trinajstić information content (AvgIpc) is 3.25. The Morgan fingerprint density at radius 1 is 0.889 bits per heavy atom. The van der Waals surface area contributed by atoms with Crippen molar-refractivity contribution in [1.29, 1.82) is 0 Å². The first-order chi connectivity index (χ1) is 21.7. The predicted molar refractivity (Wildman–Crippen MR) is 188 cm³/mol. The third kappa shape index (κ3) is 5.64. The van der Waals surface area contributed by atoms with Crippen molar-refractivity contribution in [2.24, 2.45) is 0 Å². The van der Waals surface area contributed by atoms with E-state index in [1.807, 2.05) is 0 Å². The minimum atomic E-state index is -1.22. The number of aromatic carboxylic acids is 1. The highest BCUT2D eigenvalue weighted by atomic mass is 35.5. The number of benzene rings is 3. The number of carboxylic acids is 1. The van der Waals surface area contributed by atoms with E-state index < -0.39 is 5.97 Å². The number of anilines is 1.